The van der Waals surface area contributed by atoms with Gasteiger partial charge in [0.05, 0.1) is 12.1 Å². The van der Waals surface area contributed by atoms with Gasteiger partial charge in [-0.1, -0.05) is 18.2 Å². The van der Waals surface area contributed by atoms with E-state index in [1.165, 1.54) is 0 Å². The Labute approximate surface area is 91.5 Å². The fourth-order valence-corrected chi connectivity index (χ4v) is 2.06. The average molecular weight is 200 g/mol. The van der Waals surface area contributed by atoms with Crippen molar-refractivity contribution in [3.8, 4) is 12.1 Å². The van der Waals surface area contributed by atoms with Gasteiger partial charge < -0.3 is 0 Å². The molecule has 2 nitrogen and oxygen atoms in total. The number of hydrogen-bond donors (Lipinski definition) is 0. The van der Waals surface area contributed by atoms with Gasteiger partial charge in [0, 0.05) is 5.92 Å². The van der Waals surface area contributed by atoms with E-state index in [1.54, 1.807) is 0 Å². The fraction of sp³-hybridized carbons (Fsp3) is 0.538. The molecule has 15 heavy (non-hydrogen) atoms. The number of allylic oxidation sites excluding steroid dienone is 4. The standard InChI is InChI=1S/C13H16N2/c1-3-11(2)13(9-14,10-15)12-7-5-4-6-8-12/h3,5,7,12H,4,6,8H2,1-2H3/b11-3+. The highest BCUT2D eigenvalue weighted by atomic mass is 14.5. The quantitative estimate of drug-likeness (QED) is 0.642. The molecule has 2 heteroatoms. The highest BCUT2D eigenvalue weighted by Gasteiger charge is 2.39. The Bertz CT molecular complexity index is 349. The van der Waals surface area contributed by atoms with E-state index >= 15 is 0 Å². The predicted molar refractivity (Wildman–Crippen MR) is 59.6 cm³/mol. The summed E-state index contributed by atoms with van der Waals surface area (Å²) in [6.07, 6.45) is 9.06. The van der Waals surface area contributed by atoms with Gasteiger partial charge in [0.2, 0.25) is 0 Å². The molecule has 0 aliphatic heterocycles. The van der Waals surface area contributed by atoms with Gasteiger partial charge in [-0.15, -0.1) is 0 Å². The van der Waals surface area contributed by atoms with Crippen LogP contribution in [0.25, 0.3) is 0 Å². The van der Waals surface area contributed by atoms with E-state index in [-0.39, 0.29) is 5.92 Å². The first-order valence-electron chi connectivity index (χ1n) is 5.34. The van der Waals surface area contributed by atoms with E-state index < -0.39 is 5.41 Å². The molecule has 0 aromatic heterocycles. The van der Waals surface area contributed by atoms with Crippen LogP contribution >= 0.6 is 0 Å². The second kappa shape index (κ2) is 4.80. The minimum atomic E-state index is -0.953. The van der Waals surface area contributed by atoms with E-state index in [1.807, 2.05) is 26.0 Å². The number of nitrogens with zero attached hydrogens (tertiary/aromatic N) is 2. The summed E-state index contributed by atoms with van der Waals surface area (Å²) in [5, 5.41) is 18.6. The summed E-state index contributed by atoms with van der Waals surface area (Å²) in [6.45, 7) is 3.75. The summed E-state index contributed by atoms with van der Waals surface area (Å²) in [4.78, 5) is 0. The minimum absolute atomic E-state index is 0.0532. The van der Waals surface area contributed by atoms with E-state index in [9.17, 15) is 10.5 Å². The lowest BCUT2D eigenvalue weighted by atomic mass is 9.69. The smallest absolute Gasteiger partial charge is 0.170 e. The van der Waals surface area contributed by atoms with Crippen molar-refractivity contribution in [3.63, 3.8) is 0 Å². The van der Waals surface area contributed by atoms with Crippen molar-refractivity contribution in [2.45, 2.75) is 33.1 Å². The summed E-state index contributed by atoms with van der Waals surface area (Å²) in [6, 6.07) is 4.41. The second-order valence-corrected chi connectivity index (χ2v) is 3.97. The first-order valence-corrected chi connectivity index (χ1v) is 5.34. The molecule has 0 bridgehead atoms. The summed E-state index contributed by atoms with van der Waals surface area (Å²) >= 11 is 0. The van der Waals surface area contributed by atoms with Crippen LogP contribution in [0.5, 0.6) is 0 Å². The van der Waals surface area contributed by atoms with E-state index in [4.69, 9.17) is 0 Å². The zero-order chi connectivity index (χ0) is 11.3. The first kappa shape index (κ1) is 11.5. The van der Waals surface area contributed by atoms with Gasteiger partial charge in [-0.3, -0.25) is 0 Å². The molecule has 0 radical (unpaired) electrons. The van der Waals surface area contributed by atoms with Gasteiger partial charge >= 0.3 is 0 Å². The molecule has 0 amide bonds. The zero-order valence-electron chi connectivity index (χ0n) is 9.33. The third-order valence-electron chi connectivity index (χ3n) is 3.22. The SMILES string of the molecule is C/C=C(\C)C(C#N)(C#N)C1C=CCCC1. The fourth-order valence-electron chi connectivity index (χ4n) is 2.06. The molecule has 0 aromatic rings. The van der Waals surface area contributed by atoms with Gasteiger partial charge in [0.25, 0.3) is 0 Å². The van der Waals surface area contributed by atoms with Crippen molar-refractivity contribution >= 4 is 0 Å². The largest absolute Gasteiger partial charge is 0.196 e. The molecule has 1 aliphatic carbocycles. The van der Waals surface area contributed by atoms with Gasteiger partial charge in [-0.25, -0.2) is 0 Å². The Morgan fingerprint density at radius 1 is 1.47 bits per heavy atom. The van der Waals surface area contributed by atoms with Gasteiger partial charge in [0.1, 0.15) is 0 Å². The normalized spacial score (nSPS) is 21.9. The highest BCUT2D eigenvalue weighted by molar-refractivity contribution is 5.35. The van der Waals surface area contributed by atoms with Gasteiger partial charge in [-0.2, -0.15) is 10.5 Å². The van der Waals surface area contributed by atoms with E-state index in [0.717, 1.165) is 24.8 Å². The predicted octanol–water partition coefficient (Wildman–Crippen LogP) is 3.34. The van der Waals surface area contributed by atoms with Crippen LogP contribution in [0.2, 0.25) is 0 Å². The molecule has 1 aliphatic rings. The maximum Gasteiger partial charge on any atom is 0.170 e. The Morgan fingerprint density at radius 2 is 2.13 bits per heavy atom. The molecular formula is C13H16N2. The second-order valence-electron chi connectivity index (χ2n) is 3.97. The Kier molecular flexibility index (Phi) is 3.69. The van der Waals surface area contributed by atoms with Crippen LogP contribution < -0.4 is 0 Å². The third-order valence-corrected chi connectivity index (χ3v) is 3.22. The molecule has 0 N–H and O–H groups in total. The van der Waals surface area contributed by atoms with Crippen molar-refractivity contribution in [3.05, 3.63) is 23.8 Å². The number of hydrogen-bond acceptors (Lipinski definition) is 2. The molecule has 0 aromatic carbocycles. The van der Waals surface area contributed by atoms with Crippen LogP contribution in [-0.4, -0.2) is 0 Å². The van der Waals surface area contributed by atoms with Gasteiger partial charge in [-0.05, 0) is 38.7 Å². The molecule has 1 rings (SSSR count). The average Bonchev–Trinajstić information content (AvgIpc) is 2.32. The van der Waals surface area contributed by atoms with Crippen LogP contribution in [0.4, 0.5) is 0 Å². The molecule has 0 saturated heterocycles. The highest BCUT2D eigenvalue weighted by Crippen LogP contribution is 2.40. The molecular weight excluding hydrogens is 184 g/mol. The first-order chi connectivity index (χ1) is 7.21. The van der Waals surface area contributed by atoms with Crippen molar-refractivity contribution in [1.82, 2.24) is 0 Å². The lowest BCUT2D eigenvalue weighted by Gasteiger charge is -2.29. The third kappa shape index (κ3) is 1.95. The molecule has 78 valence electrons. The Balaban J connectivity index is 3.13. The summed E-state index contributed by atoms with van der Waals surface area (Å²) in [7, 11) is 0. The number of nitriles is 2. The lowest BCUT2D eigenvalue weighted by molar-refractivity contribution is 0.392. The Hall–Kier alpha value is -1.54. The monoisotopic (exact) mass is 200 g/mol. The summed E-state index contributed by atoms with van der Waals surface area (Å²) < 4.78 is 0. The van der Waals surface area contributed by atoms with Crippen LogP contribution in [0.1, 0.15) is 33.1 Å². The Morgan fingerprint density at radius 3 is 2.53 bits per heavy atom. The van der Waals surface area contributed by atoms with Crippen LogP contribution in [-0.2, 0) is 0 Å². The van der Waals surface area contributed by atoms with Crippen LogP contribution in [0, 0.1) is 34.0 Å². The molecule has 0 fully saturated rings. The molecule has 0 saturated carbocycles. The van der Waals surface area contributed by atoms with E-state index in [0.29, 0.717) is 0 Å². The van der Waals surface area contributed by atoms with Crippen molar-refractivity contribution in [2.24, 2.45) is 11.3 Å². The summed E-state index contributed by atoms with van der Waals surface area (Å²) in [5.74, 6) is 0.0532. The topological polar surface area (TPSA) is 47.6 Å². The molecule has 0 heterocycles. The number of rotatable bonds is 2. The van der Waals surface area contributed by atoms with Crippen molar-refractivity contribution in [2.75, 3.05) is 0 Å². The van der Waals surface area contributed by atoms with Crippen molar-refractivity contribution < 1.29 is 0 Å². The van der Waals surface area contributed by atoms with Crippen molar-refractivity contribution in [1.29, 1.82) is 10.5 Å². The van der Waals surface area contributed by atoms with Crippen LogP contribution in [0.3, 0.4) is 0 Å². The lowest BCUT2D eigenvalue weighted by Crippen LogP contribution is -2.28. The van der Waals surface area contributed by atoms with E-state index in [2.05, 4.69) is 18.2 Å². The van der Waals surface area contributed by atoms with Gasteiger partial charge in [0.15, 0.2) is 5.41 Å². The summed E-state index contributed by atoms with van der Waals surface area (Å²) in [5.41, 5.74) is -0.0878. The van der Waals surface area contributed by atoms with Crippen LogP contribution in [0.15, 0.2) is 23.8 Å². The maximum absolute atomic E-state index is 9.28. The molecule has 1 atom stereocenters. The minimum Gasteiger partial charge on any atom is -0.196 e. The zero-order valence-corrected chi connectivity index (χ0v) is 9.33. The molecule has 1 unspecified atom stereocenters. The maximum atomic E-state index is 9.28. The molecule has 0 spiro atoms.